The fraction of sp³-hybridized carbons (Fsp3) is 0.556. The zero-order valence-electron chi connectivity index (χ0n) is 14.6. The summed E-state index contributed by atoms with van der Waals surface area (Å²) in [4.78, 5) is 29.5. The molecule has 0 amide bonds. The van der Waals surface area contributed by atoms with Crippen LogP contribution in [0.1, 0.15) is 31.5 Å². The van der Waals surface area contributed by atoms with Crippen molar-refractivity contribution in [2.75, 3.05) is 18.0 Å². The monoisotopic (exact) mass is 340 g/mol. The molecule has 1 saturated carbocycles. The number of piperidine rings is 1. The van der Waals surface area contributed by atoms with E-state index in [1.165, 1.54) is 18.9 Å². The van der Waals surface area contributed by atoms with Crippen LogP contribution in [0.5, 0.6) is 0 Å². The number of likely N-dealkylation sites (tertiary alicyclic amines) is 1. The van der Waals surface area contributed by atoms with E-state index >= 15 is 0 Å². The molecular weight excluding hydrogens is 316 g/mol. The summed E-state index contributed by atoms with van der Waals surface area (Å²) < 4.78 is 1.64. The van der Waals surface area contributed by atoms with Crippen molar-refractivity contribution in [2.24, 2.45) is 7.05 Å². The highest BCUT2D eigenvalue weighted by atomic mass is 16.1. The summed E-state index contributed by atoms with van der Waals surface area (Å²) in [5.74, 6) is 1.89. The summed E-state index contributed by atoms with van der Waals surface area (Å²) in [6.45, 7) is 2.77. The van der Waals surface area contributed by atoms with Crippen LogP contribution >= 0.6 is 0 Å². The van der Waals surface area contributed by atoms with Gasteiger partial charge in [0.2, 0.25) is 0 Å². The Bertz CT molecular complexity index is 765. The van der Waals surface area contributed by atoms with Crippen molar-refractivity contribution in [1.29, 1.82) is 0 Å². The molecule has 0 radical (unpaired) electrons. The van der Waals surface area contributed by atoms with Gasteiger partial charge >= 0.3 is 0 Å². The minimum atomic E-state index is 0.00329. The van der Waals surface area contributed by atoms with Crippen molar-refractivity contribution in [1.82, 2.24) is 24.4 Å². The lowest BCUT2D eigenvalue weighted by Crippen LogP contribution is -2.46. The second kappa shape index (κ2) is 6.92. The Hall–Kier alpha value is -2.28. The van der Waals surface area contributed by atoms with Crippen molar-refractivity contribution in [3.05, 3.63) is 47.0 Å². The molecule has 0 atom stereocenters. The summed E-state index contributed by atoms with van der Waals surface area (Å²) in [5, 5.41) is 0. The van der Waals surface area contributed by atoms with Crippen LogP contribution < -0.4 is 10.5 Å². The molecule has 0 bridgehead atoms. The SMILES string of the molecule is Cn1c(CN2CCC(N(c3ccncn3)C3CC3)CC2)nccc1=O. The molecule has 2 aromatic rings. The van der Waals surface area contributed by atoms with Crippen LogP contribution in [0.25, 0.3) is 0 Å². The molecule has 2 aromatic heterocycles. The van der Waals surface area contributed by atoms with Gasteiger partial charge in [-0.25, -0.2) is 15.0 Å². The average Bonchev–Trinajstić information content (AvgIpc) is 3.47. The van der Waals surface area contributed by atoms with E-state index in [0.29, 0.717) is 12.1 Å². The molecule has 0 spiro atoms. The third-order valence-corrected chi connectivity index (χ3v) is 5.25. The van der Waals surface area contributed by atoms with Crippen molar-refractivity contribution < 1.29 is 0 Å². The topological polar surface area (TPSA) is 67.2 Å². The van der Waals surface area contributed by atoms with Gasteiger partial charge in [-0.3, -0.25) is 14.3 Å². The molecule has 0 N–H and O–H groups in total. The van der Waals surface area contributed by atoms with Crippen molar-refractivity contribution in [3.8, 4) is 0 Å². The minimum Gasteiger partial charge on any atom is -0.350 e. The molecule has 4 rings (SSSR count). The van der Waals surface area contributed by atoms with Gasteiger partial charge in [0, 0.05) is 50.7 Å². The molecule has 0 unspecified atom stereocenters. The van der Waals surface area contributed by atoms with Gasteiger partial charge in [0.05, 0.1) is 6.54 Å². The Morgan fingerprint density at radius 3 is 2.52 bits per heavy atom. The first-order valence-corrected chi connectivity index (χ1v) is 9.00. The summed E-state index contributed by atoms with van der Waals surface area (Å²) in [6.07, 6.45) is 9.83. The Labute approximate surface area is 147 Å². The Kier molecular flexibility index (Phi) is 4.48. The molecular formula is C18H24N6O. The first kappa shape index (κ1) is 16.2. The van der Waals surface area contributed by atoms with E-state index in [-0.39, 0.29) is 5.56 Å². The predicted octanol–water partition coefficient (Wildman–Crippen LogP) is 1.20. The lowest BCUT2D eigenvalue weighted by molar-refractivity contribution is 0.193. The van der Waals surface area contributed by atoms with Gasteiger partial charge in [0.25, 0.3) is 5.56 Å². The molecule has 3 heterocycles. The van der Waals surface area contributed by atoms with Crippen LogP contribution in [0.15, 0.2) is 35.6 Å². The van der Waals surface area contributed by atoms with E-state index in [0.717, 1.165) is 44.1 Å². The maximum absolute atomic E-state index is 11.7. The smallest absolute Gasteiger partial charge is 0.253 e. The van der Waals surface area contributed by atoms with E-state index < -0.39 is 0 Å². The van der Waals surface area contributed by atoms with Gasteiger partial charge in [-0.2, -0.15) is 0 Å². The number of hydrogen-bond acceptors (Lipinski definition) is 6. The average molecular weight is 340 g/mol. The van der Waals surface area contributed by atoms with Crippen molar-refractivity contribution in [2.45, 2.75) is 44.3 Å². The van der Waals surface area contributed by atoms with Gasteiger partial charge in [-0.15, -0.1) is 0 Å². The second-order valence-electron chi connectivity index (χ2n) is 6.97. The number of nitrogens with zero attached hydrogens (tertiary/aromatic N) is 6. The van der Waals surface area contributed by atoms with E-state index in [9.17, 15) is 4.79 Å². The molecule has 2 aliphatic rings. The Morgan fingerprint density at radius 1 is 1.08 bits per heavy atom. The molecule has 2 fully saturated rings. The van der Waals surface area contributed by atoms with E-state index in [2.05, 4.69) is 24.8 Å². The van der Waals surface area contributed by atoms with Gasteiger partial charge < -0.3 is 4.90 Å². The largest absolute Gasteiger partial charge is 0.350 e. The highest BCUT2D eigenvalue weighted by Crippen LogP contribution is 2.35. The zero-order chi connectivity index (χ0) is 17.2. The molecule has 1 saturated heterocycles. The quantitative estimate of drug-likeness (QED) is 0.815. The van der Waals surface area contributed by atoms with E-state index in [1.807, 2.05) is 12.3 Å². The Balaban J connectivity index is 1.41. The normalized spacial score (nSPS) is 19.1. The van der Waals surface area contributed by atoms with E-state index in [1.54, 1.807) is 24.1 Å². The summed E-state index contributed by atoms with van der Waals surface area (Å²) in [5.41, 5.74) is 0.00329. The number of rotatable bonds is 5. The molecule has 132 valence electrons. The minimum absolute atomic E-state index is 0.00329. The van der Waals surface area contributed by atoms with Crippen LogP contribution in [0, 0.1) is 0 Å². The molecule has 7 heteroatoms. The number of anilines is 1. The first-order chi connectivity index (χ1) is 12.2. The molecule has 0 aromatic carbocycles. The fourth-order valence-corrected chi connectivity index (χ4v) is 3.68. The van der Waals surface area contributed by atoms with Gasteiger partial charge in [-0.05, 0) is 31.7 Å². The number of hydrogen-bond donors (Lipinski definition) is 0. The third kappa shape index (κ3) is 3.56. The molecule has 7 nitrogen and oxygen atoms in total. The predicted molar refractivity (Wildman–Crippen MR) is 95.3 cm³/mol. The molecule has 1 aliphatic heterocycles. The lowest BCUT2D eigenvalue weighted by atomic mass is 10.0. The van der Waals surface area contributed by atoms with Crippen molar-refractivity contribution >= 4 is 5.82 Å². The fourth-order valence-electron chi connectivity index (χ4n) is 3.68. The second-order valence-corrected chi connectivity index (χ2v) is 6.97. The highest BCUT2D eigenvalue weighted by molar-refractivity contribution is 5.41. The summed E-state index contributed by atoms with van der Waals surface area (Å²) >= 11 is 0. The Morgan fingerprint density at radius 2 is 1.84 bits per heavy atom. The van der Waals surface area contributed by atoms with Crippen molar-refractivity contribution in [3.63, 3.8) is 0 Å². The summed E-state index contributed by atoms with van der Waals surface area (Å²) in [7, 11) is 1.79. The highest BCUT2D eigenvalue weighted by Gasteiger charge is 2.36. The van der Waals surface area contributed by atoms with Crippen LogP contribution in [-0.4, -0.2) is 49.6 Å². The zero-order valence-corrected chi connectivity index (χ0v) is 14.6. The maximum atomic E-state index is 11.7. The van der Waals surface area contributed by atoms with Crippen LogP contribution in [0.3, 0.4) is 0 Å². The first-order valence-electron chi connectivity index (χ1n) is 9.00. The van der Waals surface area contributed by atoms with Gasteiger partial charge in [0.15, 0.2) is 0 Å². The standard InChI is InChI=1S/C18H24N6O/c1-22-17(20-9-5-18(22)25)12-23-10-6-15(7-11-23)24(14-2-3-14)16-4-8-19-13-21-16/h4-5,8-9,13-15H,2-3,6-7,10-12H2,1H3. The van der Waals surface area contributed by atoms with E-state index in [4.69, 9.17) is 0 Å². The lowest BCUT2D eigenvalue weighted by Gasteiger charge is -2.39. The number of aromatic nitrogens is 4. The molecule has 25 heavy (non-hydrogen) atoms. The van der Waals surface area contributed by atoms with Gasteiger partial charge in [-0.1, -0.05) is 0 Å². The van der Waals surface area contributed by atoms with Crippen LogP contribution in [0.4, 0.5) is 5.82 Å². The summed E-state index contributed by atoms with van der Waals surface area (Å²) in [6, 6.07) is 4.70. The van der Waals surface area contributed by atoms with Gasteiger partial charge in [0.1, 0.15) is 18.0 Å². The van der Waals surface area contributed by atoms with Crippen LogP contribution in [0.2, 0.25) is 0 Å². The third-order valence-electron chi connectivity index (χ3n) is 5.25. The maximum Gasteiger partial charge on any atom is 0.253 e. The van der Waals surface area contributed by atoms with Crippen LogP contribution in [-0.2, 0) is 13.6 Å². The molecule has 1 aliphatic carbocycles.